The second kappa shape index (κ2) is 8.94. The maximum Gasteiger partial charge on any atom is 0.325 e. The number of hydrogen-bond acceptors (Lipinski definition) is 5. The van der Waals surface area contributed by atoms with Crippen LogP contribution < -0.4 is 5.32 Å². The van der Waals surface area contributed by atoms with E-state index in [0.29, 0.717) is 38.0 Å². The molecule has 1 spiro atoms. The molecule has 3 aliphatic heterocycles. The van der Waals surface area contributed by atoms with Crippen LogP contribution in [-0.2, 0) is 11.3 Å². The van der Waals surface area contributed by atoms with E-state index in [-0.39, 0.29) is 23.9 Å². The minimum absolute atomic E-state index is 0.135. The smallest absolute Gasteiger partial charge is 0.325 e. The first-order chi connectivity index (χ1) is 16.1. The summed E-state index contributed by atoms with van der Waals surface area (Å²) in [7, 11) is 0. The molecule has 1 atom stereocenters. The molecule has 0 bridgehead atoms. The molecule has 8 nitrogen and oxygen atoms in total. The number of nitrogens with one attached hydrogen (secondary N) is 1. The summed E-state index contributed by atoms with van der Waals surface area (Å²) in [5.74, 6) is -0.291. The fourth-order valence-corrected chi connectivity index (χ4v) is 5.25. The average molecular weight is 448 g/mol. The maximum absolute atomic E-state index is 13.5. The number of pyridine rings is 1. The van der Waals surface area contributed by atoms with Gasteiger partial charge in [-0.25, -0.2) is 4.79 Å². The Hall–Kier alpha value is -3.26. The lowest BCUT2D eigenvalue weighted by Gasteiger charge is -2.39. The Balaban J connectivity index is 1.24. The number of amides is 4. The van der Waals surface area contributed by atoms with Gasteiger partial charge in [0.2, 0.25) is 0 Å². The number of hydrogen-bond donors (Lipinski definition) is 1. The summed E-state index contributed by atoms with van der Waals surface area (Å²) < 4.78 is 0. The molecule has 1 aromatic heterocycles. The second-order valence-corrected chi connectivity index (χ2v) is 9.21. The lowest BCUT2D eigenvalue weighted by molar-refractivity contribution is -0.135. The van der Waals surface area contributed by atoms with Crippen molar-refractivity contribution in [3.63, 3.8) is 0 Å². The minimum Gasteiger partial charge on any atom is -0.335 e. The van der Waals surface area contributed by atoms with Crippen molar-refractivity contribution in [2.45, 2.75) is 43.8 Å². The van der Waals surface area contributed by atoms with E-state index in [9.17, 15) is 14.4 Å². The summed E-state index contributed by atoms with van der Waals surface area (Å²) in [5.41, 5.74) is 0.812. The number of aromatic nitrogens is 1. The highest BCUT2D eigenvalue weighted by atomic mass is 16.2. The van der Waals surface area contributed by atoms with Crippen molar-refractivity contribution in [2.24, 2.45) is 0 Å². The molecule has 0 saturated carbocycles. The van der Waals surface area contributed by atoms with Gasteiger partial charge in [-0.1, -0.05) is 36.4 Å². The third-order valence-electron chi connectivity index (χ3n) is 7.08. The molecule has 8 heteroatoms. The molecular weight excluding hydrogens is 418 g/mol. The standard InChI is InChI=1S/C25H29N5O3/c31-22(21-10-4-5-13-26-21)29-14-6-9-20(18-29)30-23(32)25(27-24(30)33)11-15-28(16-12-25)17-19-7-2-1-3-8-19/h1-5,7-8,10,13,20H,6,9,11-12,14-18H2,(H,27,33)/t20-/m0/s1. The fraction of sp³-hybridized carbons (Fsp3) is 0.440. The monoisotopic (exact) mass is 447 g/mol. The van der Waals surface area contributed by atoms with Crippen LogP contribution in [0, 0.1) is 0 Å². The quantitative estimate of drug-likeness (QED) is 0.727. The van der Waals surface area contributed by atoms with Gasteiger partial charge in [0.15, 0.2) is 0 Å². The highest BCUT2D eigenvalue weighted by molar-refractivity contribution is 6.07. The van der Waals surface area contributed by atoms with E-state index in [0.717, 1.165) is 26.1 Å². The van der Waals surface area contributed by atoms with Crippen LogP contribution in [-0.4, -0.2) is 75.3 Å². The first kappa shape index (κ1) is 21.6. The van der Waals surface area contributed by atoms with Crippen molar-refractivity contribution in [3.05, 3.63) is 66.0 Å². The number of rotatable bonds is 4. The number of carbonyl (C=O) groups is 3. The van der Waals surface area contributed by atoms with E-state index in [4.69, 9.17) is 0 Å². The van der Waals surface area contributed by atoms with Crippen molar-refractivity contribution in [1.29, 1.82) is 0 Å². The highest BCUT2D eigenvalue weighted by Crippen LogP contribution is 2.33. The zero-order valence-corrected chi connectivity index (χ0v) is 18.7. The summed E-state index contributed by atoms with van der Waals surface area (Å²) in [6, 6.07) is 14.9. The van der Waals surface area contributed by atoms with Gasteiger partial charge in [-0.15, -0.1) is 0 Å². The van der Waals surface area contributed by atoms with Crippen molar-refractivity contribution in [1.82, 2.24) is 25.0 Å². The van der Waals surface area contributed by atoms with Crippen LogP contribution in [0.4, 0.5) is 4.79 Å². The van der Waals surface area contributed by atoms with E-state index >= 15 is 0 Å². The van der Waals surface area contributed by atoms with Crippen LogP contribution in [0.2, 0.25) is 0 Å². The topological polar surface area (TPSA) is 85.8 Å². The minimum atomic E-state index is -0.822. The van der Waals surface area contributed by atoms with Crippen LogP contribution in [0.5, 0.6) is 0 Å². The lowest BCUT2D eigenvalue weighted by Crippen LogP contribution is -2.56. The van der Waals surface area contributed by atoms with Gasteiger partial charge in [-0.05, 0) is 43.4 Å². The summed E-state index contributed by atoms with van der Waals surface area (Å²) >= 11 is 0. The SMILES string of the molecule is O=C(c1ccccn1)N1CCC[C@H](N2C(=O)NC3(CCN(Cc4ccccc4)CC3)C2=O)C1. The Bertz CT molecular complexity index is 1020. The summed E-state index contributed by atoms with van der Waals surface area (Å²) in [4.78, 5) is 48.9. The third kappa shape index (κ3) is 4.23. The zero-order chi connectivity index (χ0) is 22.8. The number of nitrogens with zero attached hydrogens (tertiary/aromatic N) is 4. The molecule has 3 fully saturated rings. The van der Waals surface area contributed by atoms with E-state index < -0.39 is 5.54 Å². The molecule has 0 radical (unpaired) electrons. The summed E-state index contributed by atoms with van der Waals surface area (Å²) in [6.45, 7) is 3.31. The van der Waals surface area contributed by atoms with Crippen LogP contribution >= 0.6 is 0 Å². The van der Waals surface area contributed by atoms with Crippen molar-refractivity contribution >= 4 is 17.8 Å². The molecule has 1 N–H and O–H groups in total. The molecule has 1 aromatic carbocycles. The molecular formula is C25H29N5O3. The van der Waals surface area contributed by atoms with Gasteiger partial charge in [-0.2, -0.15) is 0 Å². The van der Waals surface area contributed by atoms with Crippen molar-refractivity contribution in [2.75, 3.05) is 26.2 Å². The van der Waals surface area contributed by atoms with Gasteiger partial charge in [-0.3, -0.25) is 24.4 Å². The Morgan fingerprint density at radius 3 is 2.52 bits per heavy atom. The van der Waals surface area contributed by atoms with Gasteiger partial charge in [0.1, 0.15) is 11.2 Å². The molecule has 4 heterocycles. The van der Waals surface area contributed by atoms with Gasteiger partial charge < -0.3 is 10.2 Å². The lowest BCUT2D eigenvalue weighted by atomic mass is 9.87. The van der Waals surface area contributed by atoms with Crippen molar-refractivity contribution in [3.8, 4) is 0 Å². The summed E-state index contributed by atoms with van der Waals surface area (Å²) in [6.07, 6.45) is 4.26. The van der Waals surface area contributed by atoms with E-state index in [1.807, 2.05) is 18.2 Å². The molecule has 2 aromatic rings. The van der Waals surface area contributed by atoms with Gasteiger partial charge in [0.25, 0.3) is 11.8 Å². The van der Waals surface area contributed by atoms with Crippen LogP contribution in [0.1, 0.15) is 41.7 Å². The first-order valence-electron chi connectivity index (χ1n) is 11.7. The van der Waals surface area contributed by atoms with Crippen LogP contribution in [0.15, 0.2) is 54.7 Å². The normalized spacial score (nSPS) is 23.1. The Morgan fingerprint density at radius 2 is 1.79 bits per heavy atom. The maximum atomic E-state index is 13.5. The van der Waals surface area contributed by atoms with Gasteiger partial charge in [0, 0.05) is 38.9 Å². The fourth-order valence-electron chi connectivity index (χ4n) is 5.25. The van der Waals surface area contributed by atoms with E-state index in [1.165, 1.54) is 10.5 Å². The van der Waals surface area contributed by atoms with Gasteiger partial charge >= 0.3 is 6.03 Å². The Morgan fingerprint density at radius 1 is 1.03 bits per heavy atom. The molecule has 172 valence electrons. The molecule has 3 saturated heterocycles. The predicted octanol–water partition coefficient (Wildman–Crippen LogP) is 2.27. The molecule has 0 aliphatic carbocycles. The molecule has 0 unspecified atom stereocenters. The van der Waals surface area contributed by atoms with E-state index in [2.05, 4.69) is 27.3 Å². The molecule has 3 aliphatic rings. The predicted molar refractivity (Wildman–Crippen MR) is 122 cm³/mol. The number of benzene rings is 1. The van der Waals surface area contributed by atoms with Gasteiger partial charge in [0.05, 0.1) is 6.04 Å². The zero-order valence-electron chi connectivity index (χ0n) is 18.7. The first-order valence-corrected chi connectivity index (χ1v) is 11.7. The molecule has 33 heavy (non-hydrogen) atoms. The van der Waals surface area contributed by atoms with Crippen molar-refractivity contribution < 1.29 is 14.4 Å². The van der Waals surface area contributed by atoms with E-state index in [1.54, 1.807) is 29.3 Å². The third-order valence-corrected chi connectivity index (χ3v) is 7.08. The highest BCUT2D eigenvalue weighted by Gasteiger charge is 2.54. The number of piperidine rings is 2. The Labute approximate surface area is 193 Å². The molecule has 4 amide bonds. The second-order valence-electron chi connectivity index (χ2n) is 9.21. The Kier molecular flexibility index (Phi) is 5.85. The average Bonchev–Trinajstić information content (AvgIpc) is 3.10. The number of carbonyl (C=O) groups excluding carboxylic acids is 3. The number of urea groups is 1. The van der Waals surface area contributed by atoms with Crippen LogP contribution in [0.3, 0.4) is 0 Å². The van der Waals surface area contributed by atoms with Crippen LogP contribution in [0.25, 0.3) is 0 Å². The largest absolute Gasteiger partial charge is 0.335 e. The number of likely N-dealkylation sites (tertiary alicyclic amines) is 2. The molecule has 5 rings (SSSR count). The summed E-state index contributed by atoms with van der Waals surface area (Å²) in [5, 5.41) is 3.02. The number of imide groups is 1.